The molecule has 2 unspecified atom stereocenters. The minimum absolute atomic E-state index is 0.0433. The van der Waals surface area contributed by atoms with Crippen molar-refractivity contribution >= 4 is 24.8 Å². The molecule has 2 bridgehead atoms. The minimum Gasteiger partial charge on any atom is -0.350 e. The highest BCUT2D eigenvalue weighted by atomic mass is 32.1. The molecule has 26 heavy (non-hydrogen) atoms. The Balaban J connectivity index is 1.23. The predicted molar refractivity (Wildman–Crippen MR) is 94.8 cm³/mol. The van der Waals surface area contributed by atoms with Crippen LogP contribution in [0, 0.1) is 0 Å². The monoisotopic (exact) mass is 381 g/mol. The first-order chi connectivity index (χ1) is 12.7. The van der Waals surface area contributed by atoms with Crippen molar-refractivity contribution in [3.63, 3.8) is 0 Å². The molecule has 3 aliphatic heterocycles. The number of hydroxylamine groups is 3. The van der Waals surface area contributed by atoms with Crippen molar-refractivity contribution in [3.8, 4) is 0 Å². The summed E-state index contributed by atoms with van der Waals surface area (Å²) in [5.74, 6) is -0.294. The van der Waals surface area contributed by atoms with Crippen molar-refractivity contribution in [2.24, 2.45) is 0 Å². The molecular weight excluding hydrogens is 358 g/mol. The van der Waals surface area contributed by atoms with Crippen LogP contribution in [-0.4, -0.2) is 64.3 Å². The number of rotatable bonds is 6. The number of urea groups is 1. The van der Waals surface area contributed by atoms with E-state index < -0.39 is 6.04 Å². The molecule has 10 heteroatoms. The highest BCUT2D eigenvalue weighted by Gasteiger charge is 2.48. The lowest BCUT2D eigenvalue weighted by Crippen LogP contribution is -2.50. The number of amides is 3. The summed E-state index contributed by atoms with van der Waals surface area (Å²) in [6.45, 7) is 1.74. The van der Waals surface area contributed by atoms with Gasteiger partial charge < -0.3 is 14.8 Å². The first-order valence-corrected chi connectivity index (χ1v) is 9.22. The van der Waals surface area contributed by atoms with Gasteiger partial charge in [0.25, 0.3) is 5.91 Å². The van der Waals surface area contributed by atoms with E-state index >= 15 is 0 Å². The lowest BCUT2D eigenvalue weighted by Gasteiger charge is -2.29. The molecule has 3 saturated heterocycles. The zero-order valence-corrected chi connectivity index (χ0v) is 15.2. The molecule has 0 aliphatic carbocycles. The Hall–Kier alpha value is -1.75. The van der Waals surface area contributed by atoms with Gasteiger partial charge in [0.05, 0.1) is 12.6 Å². The van der Waals surface area contributed by atoms with Crippen LogP contribution >= 0.6 is 12.9 Å². The standard InChI is InChI=1S/C16H23N5O4S/c22-15(14-4-3-12-9-20(14)16(23)21(12)25-26)18-24-10-11-7-13(8-17-11)19-5-1-2-6-19/h1-2,5-6,11-14,17,26H,3-4,7-10H2,(H,18,22)/t11-,12?,13-,14?/m1/s1. The maximum atomic E-state index is 12.4. The molecule has 4 atom stereocenters. The molecule has 4 rings (SSSR count). The number of piperidine rings is 1. The minimum atomic E-state index is -0.531. The molecule has 4 heterocycles. The van der Waals surface area contributed by atoms with Crippen LogP contribution in [0.4, 0.5) is 4.79 Å². The number of nitrogens with one attached hydrogen (secondary N) is 2. The number of thiol groups is 1. The normalized spacial score (nSPS) is 30.9. The third-order valence-corrected chi connectivity index (χ3v) is 5.59. The largest absolute Gasteiger partial charge is 0.350 e. The molecular formula is C16H23N5O4S. The van der Waals surface area contributed by atoms with E-state index in [0.29, 0.717) is 32.0 Å². The molecule has 1 aromatic rings. The van der Waals surface area contributed by atoms with Crippen molar-refractivity contribution in [3.05, 3.63) is 24.5 Å². The summed E-state index contributed by atoms with van der Waals surface area (Å²) < 4.78 is 7.00. The molecule has 0 spiro atoms. The molecule has 0 saturated carbocycles. The van der Waals surface area contributed by atoms with Gasteiger partial charge in [-0.05, 0) is 31.4 Å². The van der Waals surface area contributed by atoms with Crippen LogP contribution < -0.4 is 10.8 Å². The Bertz CT molecular complexity index is 657. The second kappa shape index (κ2) is 7.47. The van der Waals surface area contributed by atoms with Gasteiger partial charge in [0, 0.05) is 50.5 Å². The topological polar surface area (TPSA) is 88.1 Å². The molecule has 3 fully saturated rings. The number of hydrogen-bond acceptors (Lipinski definition) is 6. The molecule has 2 N–H and O–H groups in total. The van der Waals surface area contributed by atoms with E-state index in [9.17, 15) is 9.59 Å². The Morgan fingerprint density at radius 2 is 2.12 bits per heavy atom. The molecule has 3 amide bonds. The van der Waals surface area contributed by atoms with Crippen LogP contribution in [0.25, 0.3) is 0 Å². The first kappa shape index (κ1) is 17.7. The predicted octanol–water partition coefficient (Wildman–Crippen LogP) is 0.484. The van der Waals surface area contributed by atoms with Crippen molar-refractivity contribution in [1.29, 1.82) is 0 Å². The number of carbonyl (C=O) groups is 2. The fourth-order valence-electron chi connectivity index (χ4n) is 4.04. The van der Waals surface area contributed by atoms with Gasteiger partial charge in [0.1, 0.15) is 6.04 Å². The summed E-state index contributed by atoms with van der Waals surface area (Å²) in [4.78, 5) is 31.6. The second-order valence-electron chi connectivity index (χ2n) is 6.99. The van der Waals surface area contributed by atoms with Crippen LogP contribution in [0.3, 0.4) is 0 Å². The Kier molecular flexibility index (Phi) is 5.07. The maximum Gasteiger partial charge on any atom is 0.345 e. The summed E-state index contributed by atoms with van der Waals surface area (Å²) in [7, 11) is 0. The van der Waals surface area contributed by atoms with Crippen LogP contribution in [0.5, 0.6) is 0 Å². The number of fused-ring (bicyclic) bond motifs is 2. The fraction of sp³-hybridized carbons (Fsp3) is 0.625. The van der Waals surface area contributed by atoms with Crippen LogP contribution in [0.15, 0.2) is 24.5 Å². The highest BCUT2D eigenvalue weighted by Crippen LogP contribution is 2.30. The average molecular weight is 381 g/mol. The van der Waals surface area contributed by atoms with E-state index in [4.69, 9.17) is 9.12 Å². The zero-order valence-electron chi connectivity index (χ0n) is 14.3. The lowest BCUT2D eigenvalue weighted by molar-refractivity contribution is -0.139. The van der Waals surface area contributed by atoms with Gasteiger partial charge in [0.2, 0.25) is 0 Å². The van der Waals surface area contributed by atoms with Crippen LogP contribution in [-0.2, 0) is 13.9 Å². The molecule has 9 nitrogen and oxygen atoms in total. The van der Waals surface area contributed by atoms with Crippen molar-refractivity contribution in [2.45, 2.75) is 43.4 Å². The summed E-state index contributed by atoms with van der Waals surface area (Å²) in [5, 5.41) is 4.63. The Morgan fingerprint density at radius 3 is 2.88 bits per heavy atom. The van der Waals surface area contributed by atoms with E-state index in [1.54, 1.807) is 0 Å². The van der Waals surface area contributed by atoms with Gasteiger partial charge in [-0.3, -0.25) is 9.63 Å². The van der Waals surface area contributed by atoms with E-state index in [0.717, 1.165) is 13.0 Å². The molecule has 1 aromatic heterocycles. The Labute approximate surface area is 157 Å². The first-order valence-electron chi connectivity index (χ1n) is 8.86. The van der Waals surface area contributed by atoms with Gasteiger partial charge in [-0.2, -0.15) is 5.06 Å². The zero-order chi connectivity index (χ0) is 18.1. The molecule has 142 valence electrons. The SMILES string of the molecule is O=C(NOC[C@H]1C[C@@H](n2cccc2)CN1)C1CCC2CN1C(=O)N2OS. The third-order valence-electron chi connectivity index (χ3n) is 5.42. The quantitative estimate of drug-likeness (QED) is 0.379. The number of aromatic nitrogens is 1. The van der Waals surface area contributed by atoms with E-state index in [1.165, 1.54) is 9.96 Å². The molecule has 0 radical (unpaired) electrons. The fourth-order valence-corrected chi connectivity index (χ4v) is 4.24. The van der Waals surface area contributed by atoms with E-state index in [-0.39, 0.29) is 24.0 Å². The summed E-state index contributed by atoms with van der Waals surface area (Å²) in [6, 6.07) is 3.71. The van der Waals surface area contributed by atoms with Crippen LogP contribution in [0.2, 0.25) is 0 Å². The average Bonchev–Trinajstić information content (AvgIpc) is 3.37. The van der Waals surface area contributed by atoms with Gasteiger partial charge in [0.15, 0.2) is 0 Å². The van der Waals surface area contributed by atoms with E-state index in [2.05, 4.69) is 40.7 Å². The van der Waals surface area contributed by atoms with Gasteiger partial charge in [-0.25, -0.2) is 14.6 Å². The maximum absolute atomic E-state index is 12.4. The summed E-state index contributed by atoms with van der Waals surface area (Å²) in [5.41, 5.74) is 2.51. The molecule has 0 aromatic carbocycles. The van der Waals surface area contributed by atoms with Gasteiger partial charge in [-0.1, -0.05) is 0 Å². The van der Waals surface area contributed by atoms with Crippen LogP contribution in [0.1, 0.15) is 25.3 Å². The van der Waals surface area contributed by atoms with E-state index in [1.807, 2.05) is 12.1 Å². The van der Waals surface area contributed by atoms with Crippen molar-refractivity contribution in [2.75, 3.05) is 19.7 Å². The smallest absolute Gasteiger partial charge is 0.345 e. The van der Waals surface area contributed by atoms with Gasteiger partial charge >= 0.3 is 6.03 Å². The summed E-state index contributed by atoms with van der Waals surface area (Å²) in [6.07, 6.45) is 6.33. The number of hydrogen-bond donors (Lipinski definition) is 3. The third kappa shape index (κ3) is 3.29. The summed E-state index contributed by atoms with van der Waals surface area (Å²) >= 11 is 3.72. The molecule has 3 aliphatic rings. The highest BCUT2D eigenvalue weighted by molar-refractivity contribution is 7.75. The number of nitrogens with zero attached hydrogens (tertiary/aromatic N) is 3. The van der Waals surface area contributed by atoms with Crippen molar-refractivity contribution < 1.29 is 18.7 Å². The number of carbonyl (C=O) groups excluding carboxylic acids is 2. The lowest BCUT2D eigenvalue weighted by atomic mass is 10.0. The van der Waals surface area contributed by atoms with Crippen molar-refractivity contribution in [1.82, 2.24) is 25.3 Å². The Morgan fingerprint density at radius 1 is 1.31 bits per heavy atom. The van der Waals surface area contributed by atoms with Gasteiger partial charge in [-0.15, -0.1) is 0 Å². The second-order valence-corrected chi connectivity index (χ2v) is 7.15.